The summed E-state index contributed by atoms with van der Waals surface area (Å²) >= 11 is 0. The zero-order chi connectivity index (χ0) is 20.3. The highest BCUT2D eigenvalue weighted by atomic mass is 28.3. The van der Waals surface area contributed by atoms with Crippen molar-refractivity contribution in [3.63, 3.8) is 0 Å². The fourth-order valence-electron chi connectivity index (χ4n) is 3.33. The Hall–Kier alpha value is -3.22. The van der Waals surface area contributed by atoms with Gasteiger partial charge in [-0.1, -0.05) is 86.2 Å². The van der Waals surface area contributed by atoms with E-state index in [-0.39, 0.29) is 6.04 Å². The van der Waals surface area contributed by atoms with Gasteiger partial charge in [0.1, 0.15) is 8.07 Å². The van der Waals surface area contributed by atoms with Gasteiger partial charge in [0.2, 0.25) is 0 Å². The quantitative estimate of drug-likeness (QED) is 0.431. The molecule has 3 aromatic rings. The van der Waals surface area contributed by atoms with Crippen LogP contribution < -0.4 is 10.4 Å². The van der Waals surface area contributed by atoms with Crippen molar-refractivity contribution in [2.75, 3.05) is 5.01 Å². The number of nitrogens with zero attached hydrogens (tertiary/aromatic N) is 1. The van der Waals surface area contributed by atoms with E-state index in [1.165, 1.54) is 11.1 Å². The van der Waals surface area contributed by atoms with Crippen LogP contribution in [0.2, 0.25) is 19.6 Å². The standard InChI is InChI=1S/C26H26N2Si/c1-29(2,3)19-18-21-14-16-22(17-15-21)25-20-26(23-10-6-4-7-11-23)28(27-25)24-12-8-5-9-13-24/h4-17,20,26-27H,1-3H3. The van der Waals surface area contributed by atoms with Gasteiger partial charge in [0.05, 0.1) is 17.4 Å². The Morgan fingerprint density at radius 3 is 2.03 bits per heavy atom. The molecule has 0 saturated carbocycles. The van der Waals surface area contributed by atoms with E-state index in [0.29, 0.717) is 0 Å². The lowest BCUT2D eigenvalue weighted by atomic mass is 10.0. The highest BCUT2D eigenvalue weighted by Crippen LogP contribution is 2.34. The van der Waals surface area contributed by atoms with Crippen LogP contribution in [0.5, 0.6) is 0 Å². The van der Waals surface area contributed by atoms with Crippen LogP contribution in [0.3, 0.4) is 0 Å². The number of rotatable bonds is 3. The molecule has 1 aliphatic rings. The van der Waals surface area contributed by atoms with Crippen LogP contribution in [0, 0.1) is 11.5 Å². The monoisotopic (exact) mass is 394 g/mol. The van der Waals surface area contributed by atoms with Crippen LogP contribution in [0.1, 0.15) is 22.7 Å². The third-order valence-corrected chi connectivity index (χ3v) is 5.67. The SMILES string of the molecule is C[Si](C)(C)C#Cc1ccc(C2=CC(c3ccccc3)N(c3ccccc3)N2)cc1. The van der Waals surface area contributed by atoms with Crippen molar-refractivity contribution in [2.45, 2.75) is 25.7 Å². The topological polar surface area (TPSA) is 15.3 Å². The first kappa shape index (κ1) is 19.1. The highest BCUT2D eigenvalue weighted by Gasteiger charge is 2.26. The van der Waals surface area contributed by atoms with Crippen LogP contribution in [-0.2, 0) is 0 Å². The van der Waals surface area contributed by atoms with E-state index in [1.807, 2.05) is 6.07 Å². The summed E-state index contributed by atoms with van der Waals surface area (Å²) < 4.78 is 0. The predicted octanol–water partition coefficient (Wildman–Crippen LogP) is 6.02. The Morgan fingerprint density at radius 1 is 0.793 bits per heavy atom. The van der Waals surface area contributed by atoms with E-state index in [4.69, 9.17) is 0 Å². The van der Waals surface area contributed by atoms with Crippen LogP contribution in [-0.4, -0.2) is 8.07 Å². The van der Waals surface area contributed by atoms with Crippen LogP contribution in [0.4, 0.5) is 5.69 Å². The summed E-state index contributed by atoms with van der Waals surface area (Å²) in [5, 5.41) is 2.23. The minimum Gasteiger partial charge on any atom is -0.297 e. The molecule has 29 heavy (non-hydrogen) atoms. The maximum atomic E-state index is 3.61. The van der Waals surface area contributed by atoms with Gasteiger partial charge in [0.15, 0.2) is 0 Å². The number of anilines is 1. The summed E-state index contributed by atoms with van der Waals surface area (Å²) in [6.07, 6.45) is 2.30. The van der Waals surface area contributed by atoms with E-state index in [0.717, 1.165) is 16.9 Å². The van der Waals surface area contributed by atoms with Gasteiger partial charge in [0, 0.05) is 5.56 Å². The maximum Gasteiger partial charge on any atom is 0.129 e. The van der Waals surface area contributed by atoms with Gasteiger partial charge >= 0.3 is 0 Å². The molecular weight excluding hydrogens is 368 g/mol. The Bertz CT molecular complexity index is 1050. The molecule has 0 saturated heterocycles. The summed E-state index contributed by atoms with van der Waals surface area (Å²) in [6.45, 7) is 6.80. The zero-order valence-corrected chi connectivity index (χ0v) is 18.2. The van der Waals surface area contributed by atoms with Crippen molar-refractivity contribution in [3.8, 4) is 11.5 Å². The van der Waals surface area contributed by atoms with E-state index >= 15 is 0 Å². The molecular formula is C26H26N2Si. The Labute approximate surface area is 174 Å². The molecule has 2 nitrogen and oxygen atoms in total. The van der Waals surface area contributed by atoms with Crippen molar-refractivity contribution < 1.29 is 0 Å². The molecule has 3 heteroatoms. The zero-order valence-electron chi connectivity index (χ0n) is 17.2. The highest BCUT2D eigenvalue weighted by molar-refractivity contribution is 6.83. The van der Waals surface area contributed by atoms with Gasteiger partial charge in [-0.2, -0.15) is 0 Å². The maximum absolute atomic E-state index is 3.61. The van der Waals surface area contributed by atoms with Crippen molar-refractivity contribution in [3.05, 3.63) is 108 Å². The summed E-state index contributed by atoms with van der Waals surface area (Å²) in [6, 6.07) is 29.7. The molecule has 0 bridgehead atoms. The fraction of sp³-hybridized carbons (Fsp3) is 0.154. The van der Waals surface area contributed by atoms with Crippen LogP contribution in [0.15, 0.2) is 91.0 Å². The largest absolute Gasteiger partial charge is 0.297 e. The molecule has 0 aromatic heterocycles. The minimum absolute atomic E-state index is 0.139. The number of nitrogens with one attached hydrogen (secondary N) is 1. The van der Waals surface area contributed by atoms with Gasteiger partial charge in [-0.05, 0) is 41.5 Å². The van der Waals surface area contributed by atoms with E-state index < -0.39 is 8.07 Å². The van der Waals surface area contributed by atoms with E-state index in [9.17, 15) is 0 Å². The first-order valence-corrected chi connectivity index (χ1v) is 13.5. The third kappa shape index (κ3) is 4.61. The summed E-state index contributed by atoms with van der Waals surface area (Å²) in [5.41, 5.74) is 12.8. The van der Waals surface area contributed by atoms with Crippen molar-refractivity contribution in [2.24, 2.45) is 0 Å². The molecule has 0 radical (unpaired) electrons. The molecule has 0 spiro atoms. The smallest absolute Gasteiger partial charge is 0.129 e. The molecule has 1 N–H and O–H groups in total. The molecule has 1 unspecified atom stereocenters. The first-order chi connectivity index (χ1) is 14.0. The summed E-state index contributed by atoms with van der Waals surface area (Å²) in [7, 11) is -1.36. The van der Waals surface area contributed by atoms with Gasteiger partial charge in [0.25, 0.3) is 0 Å². The van der Waals surface area contributed by atoms with E-state index in [2.05, 4.69) is 126 Å². The molecule has 0 amide bonds. The van der Waals surface area contributed by atoms with Crippen LogP contribution >= 0.6 is 0 Å². The molecule has 0 fully saturated rings. The number of hydrogen-bond acceptors (Lipinski definition) is 2. The Kier molecular flexibility index (Phi) is 5.29. The second-order valence-electron chi connectivity index (χ2n) is 8.33. The minimum atomic E-state index is -1.36. The molecule has 4 rings (SSSR count). The van der Waals surface area contributed by atoms with Crippen LogP contribution in [0.25, 0.3) is 5.70 Å². The third-order valence-electron chi connectivity index (χ3n) is 4.80. The molecule has 1 atom stereocenters. The second kappa shape index (κ2) is 8.03. The number of hydrogen-bond donors (Lipinski definition) is 1. The molecule has 1 aliphatic heterocycles. The lowest BCUT2D eigenvalue weighted by Crippen LogP contribution is -2.33. The number of hydrazine groups is 1. The molecule has 0 aliphatic carbocycles. The Balaban J connectivity index is 1.64. The summed E-state index contributed by atoms with van der Waals surface area (Å²) in [4.78, 5) is 0. The average Bonchev–Trinajstić information content (AvgIpc) is 3.19. The lowest BCUT2D eigenvalue weighted by Gasteiger charge is -2.27. The van der Waals surface area contributed by atoms with Gasteiger partial charge < -0.3 is 0 Å². The molecule has 1 heterocycles. The van der Waals surface area contributed by atoms with Crippen molar-refractivity contribution in [1.29, 1.82) is 0 Å². The second-order valence-corrected chi connectivity index (χ2v) is 13.1. The van der Waals surface area contributed by atoms with E-state index in [1.54, 1.807) is 0 Å². The first-order valence-electron chi connectivity index (χ1n) is 10.0. The normalized spacial score (nSPS) is 15.9. The number of para-hydroxylation sites is 1. The van der Waals surface area contributed by atoms with Gasteiger partial charge in [-0.25, -0.2) is 0 Å². The van der Waals surface area contributed by atoms with Gasteiger partial charge in [-0.15, -0.1) is 5.54 Å². The average molecular weight is 395 g/mol. The molecule has 144 valence electrons. The van der Waals surface area contributed by atoms with Crippen molar-refractivity contribution >= 4 is 19.5 Å². The number of benzene rings is 3. The summed E-state index contributed by atoms with van der Waals surface area (Å²) in [5.74, 6) is 3.33. The lowest BCUT2D eigenvalue weighted by molar-refractivity contribution is 0.724. The molecule has 3 aromatic carbocycles. The Morgan fingerprint density at radius 2 is 1.41 bits per heavy atom. The van der Waals surface area contributed by atoms with Crippen molar-refractivity contribution in [1.82, 2.24) is 5.43 Å². The fourth-order valence-corrected chi connectivity index (χ4v) is 3.85. The van der Waals surface area contributed by atoms with Gasteiger partial charge in [-0.3, -0.25) is 10.4 Å². The predicted molar refractivity (Wildman–Crippen MR) is 126 cm³/mol.